The number of fused-ring (bicyclic) bond motifs is 1. The van der Waals surface area contributed by atoms with Gasteiger partial charge in [0.25, 0.3) is 5.91 Å². The second kappa shape index (κ2) is 11.2. The van der Waals surface area contributed by atoms with Crippen LogP contribution in [0.3, 0.4) is 0 Å². The molecule has 3 aromatic heterocycles. The highest BCUT2D eigenvalue weighted by Gasteiger charge is 2.32. The zero-order chi connectivity index (χ0) is 29.3. The van der Waals surface area contributed by atoms with Crippen molar-refractivity contribution in [3.63, 3.8) is 0 Å². The molecule has 0 aliphatic carbocycles. The number of nitrogens with one attached hydrogen (secondary N) is 1. The van der Waals surface area contributed by atoms with Crippen LogP contribution in [-0.4, -0.2) is 62.4 Å². The third-order valence-corrected chi connectivity index (χ3v) is 7.01. The van der Waals surface area contributed by atoms with Gasteiger partial charge < -0.3 is 25.4 Å². The highest BCUT2D eigenvalue weighted by molar-refractivity contribution is 6.35. The summed E-state index contributed by atoms with van der Waals surface area (Å²) in [6.45, 7) is 6.51. The fourth-order valence-corrected chi connectivity index (χ4v) is 5.14. The lowest BCUT2D eigenvalue weighted by Crippen LogP contribution is -2.43. The molecule has 0 saturated carbocycles. The van der Waals surface area contributed by atoms with Gasteiger partial charge >= 0.3 is 6.09 Å². The number of hydrogen-bond donors (Lipinski definition) is 2. The van der Waals surface area contributed by atoms with Crippen LogP contribution >= 0.6 is 11.6 Å². The van der Waals surface area contributed by atoms with Gasteiger partial charge in [0, 0.05) is 30.4 Å². The number of halogens is 1. The number of nitrogen functional groups attached to an aromatic ring is 1. The first-order chi connectivity index (χ1) is 19.6. The average molecular weight is 578 g/mol. The molecule has 1 atom stereocenters. The number of carbonyl (C=O) groups excluding carboxylic acids is 2. The highest BCUT2D eigenvalue weighted by atomic mass is 35.5. The summed E-state index contributed by atoms with van der Waals surface area (Å²) in [5.41, 5.74) is 7.90. The number of nitrogens with zero attached hydrogens (tertiary/aromatic N) is 5. The van der Waals surface area contributed by atoms with Crippen molar-refractivity contribution >= 4 is 46.1 Å². The summed E-state index contributed by atoms with van der Waals surface area (Å²) < 4.78 is 13.1. The van der Waals surface area contributed by atoms with Gasteiger partial charge in [0.2, 0.25) is 0 Å². The van der Waals surface area contributed by atoms with Gasteiger partial charge in [-0.05, 0) is 63.9 Å². The number of likely N-dealkylation sites (tertiary alicyclic amines) is 1. The smallest absolute Gasteiger partial charge is 0.410 e. The summed E-state index contributed by atoms with van der Waals surface area (Å²) >= 11 is 6.68. The maximum Gasteiger partial charge on any atom is 0.410 e. The predicted octanol–water partition coefficient (Wildman–Crippen LogP) is 5.56. The van der Waals surface area contributed by atoms with Crippen molar-refractivity contribution in [2.45, 2.75) is 45.3 Å². The molecule has 1 aliphatic heterocycles. The van der Waals surface area contributed by atoms with Gasteiger partial charge in [0.05, 0.1) is 35.3 Å². The number of hydrogen-bond acceptors (Lipinski definition) is 8. The Morgan fingerprint density at radius 3 is 2.68 bits per heavy atom. The van der Waals surface area contributed by atoms with Crippen molar-refractivity contribution in [1.82, 2.24) is 24.6 Å². The van der Waals surface area contributed by atoms with Crippen molar-refractivity contribution in [3.8, 4) is 17.0 Å². The van der Waals surface area contributed by atoms with E-state index in [2.05, 4.69) is 15.3 Å². The Morgan fingerprint density at radius 1 is 1.17 bits per heavy atom. The largest absolute Gasteiger partial charge is 0.496 e. The van der Waals surface area contributed by atoms with Gasteiger partial charge in [-0.2, -0.15) is 5.10 Å². The molecule has 1 saturated heterocycles. The Bertz CT molecular complexity index is 1600. The lowest BCUT2D eigenvalue weighted by molar-refractivity contribution is 0.0169. The molecule has 4 heterocycles. The summed E-state index contributed by atoms with van der Waals surface area (Å²) in [7, 11) is 1.52. The maximum atomic E-state index is 12.9. The molecule has 1 aromatic carbocycles. The average Bonchev–Trinajstić information content (AvgIpc) is 3.36. The van der Waals surface area contributed by atoms with Crippen molar-refractivity contribution in [2.75, 3.05) is 31.2 Å². The molecule has 0 bridgehead atoms. The minimum atomic E-state index is -0.601. The van der Waals surface area contributed by atoms with Gasteiger partial charge in [-0.25, -0.2) is 14.8 Å². The second-order valence-electron chi connectivity index (χ2n) is 10.8. The van der Waals surface area contributed by atoms with Gasteiger partial charge in [0.1, 0.15) is 28.7 Å². The number of methoxy groups -OCH3 is 1. The van der Waals surface area contributed by atoms with Crippen molar-refractivity contribution in [3.05, 3.63) is 59.4 Å². The molecule has 2 amide bonds. The zero-order valence-electron chi connectivity index (χ0n) is 23.3. The Kier molecular flexibility index (Phi) is 7.72. The number of anilines is 2. The molecular weight excluding hydrogens is 546 g/mol. The molecule has 5 rings (SSSR count). The number of amides is 2. The molecule has 1 unspecified atom stereocenters. The van der Waals surface area contributed by atoms with Crippen LogP contribution in [0.25, 0.3) is 22.2 Å². The second-order valence-corrected chi connectivity index (χ2v) is 11.2. The molecule has 41 heavy (non-hydrogen) atoms. The van der Waals surface area contributed by atoms with E-state index in [1.807, 2.05) is 25.5 Å². The van der Waals surface area contributed by atoms with E-state index in [9.17, 15) is 9.59 Å². The summed E-state index contributed by atoms with van der Waals surface area (Å²) in [5.74, 6) is 0.775. The molecule has 11 nitrogen and oxygen atoms in total. The molecular formula is C29H32ClN7O4. The number of aromatic nitrogens is 4. The third-order valence-electron chi connectivity index (χ3n) is 6.73. The van der Waals surface area contributed by atoms with E-state index in [-0.39, 0.29) is 23.9 Å². The van der Waals surface area contributed by atoms with Crippen molar-refractivity contribution in [2.24, 2.45) is 0 Å². The third kappa shape index (κ3) is 5.90. The number of ether oxygens (including phenoxy) is 2. The van der Waals surface area contributed by atoms with Crippen LogP contribution in [-0.2, 0) is 4.74 Å². The SMILES string of the molecule is COc1cc(C(=O)Nc2ccccn2)ccc1-c1nn(C2CCCN(C(=O)OC(C)(C)C)C2)c2c(Cl)cnc(N)c12. The number of piperidine rings is 1. The maximum absolute atomic E-state index is 12.9. The van der Waals surface area contributed by atoms with Crippen LogP contribution in [0.5, 0.6) is 5.75 Å². The molecule has 12 heteroatoms. The normalized spacial score (nSPS) is 15.5. The topological polar surface area (TPSA) is 137 Å². The number of pyridine rings is 2. The van der Waals surface area contributed by atoms with Crippen LogP contribution < -0.4 is 15.8 Å². The highest BCUT2D eigenvalue weighted by Crippen LogP contribution is 2.41. The zero-order valence-corrected chi connectivity index (χ0v) is 24.1. The fourth-order valence-electron chi connectivity index (χ4n) is 4.91. The summed E-state index contributed by atoms with van der Waals surface area (Å²) in [6, 6.07) is 10.2. The molecule has 4 aromatic rings. The van der Waals surface area contributed by atoms with E-state index in [4.69, 9.17) is 31.9 Å². The monoisotopic (exact) mass is 577 g/mol. The summed E-state index contributed by atoms with van der Waals surface area (Å²) in [4.78, 5) is 35.9. The van der Waals surface area contributed by atoms with E-state index < -0.39 is 5.60 Å². The number of benzene rings is 1. The molecule has 1 aliphatic rings. The van der Waals surface area contributed by atoms with Gasteiger partial charge in [0.15, 0.2) is 0 Å². The van der Waals surface area contributed by atoms with Gasteiger partial charge in [-0.1, -0.05) is 17.7 Å². The van der Waals surface area contributed by atoms with E-state index in [1.54, 1.807) is 47.5 Å². The summed E-state index contributed by atoms with van der Waals surface area (Å²) in [5, 5.41) is 8.69. The Labute approximate surface area is 242 Å². The molecule has 0 radical (unpaired) electrons. The van der Waals surface area contributed by atoms with Crippen LogP contribution in [0, 0.1) is 0 Å². The van der Waals surface area contributed by atoms with E-state index >= 15 is 0 Å². The van der Waals surface area contributed by atoms with E-state index in [0.717, 1.165) is 12.8 Å². The molecule has 1 fully saturated rings. The first-order valence-corrected chi connectivity index (χ1v) is 13.6. The lowest BCUT2D eigenvalue weighted by atomic mass is 10.0. The Hall–Kier alpha value is -4.38. The molecule has 0 spiro atoms. The molecule has 3 N–H and O–H groups in total. The van der Waals surface area contributed by atoms with E-state index in [1.165, 1.54) is 13.3 Å². The quantitative estimate of drug-likeness (QED) is 0.314. The van der Waals surface area contributed by atoms with Crippen molar-refractivity contribution < 1.29 is 19.1 Å². The number of carbonyl (C=O) groups is 2. The van der Waals surface area contributed by atoms with Crippen LogP contribution in [0.4, 0.5) is 16.4 Å². The van der Waals surface area contributed by atoms with Crippen LogP contribution in [0.2, 0.25) is 5.02 Å². The van der Waals surface area contributed by atoms with Gasteiger partial charge in [-0.15, -0.1) is 0 Å². The first kappa shape index (κ1) is 28.2. The van der Waals surface area contributed by atoms with Crippen LogP contribution in [0.1, 0.15) is 50.0 Å². The Balaban J connectivity index is 1.53. The lowest BCUT2D eigenvalue weighted by Gasteiger charge is -2.34. The number of rotatable bonds is 5. The van der Waals surface area contributed by atoms with Crippen LogP contribution in [0.15, 0.2) is 48.8 Å². The first-order valence-electron chi connectivity index (χ1n) is 13.3. The van der Waals surface area contributed by atoms with Gasteiger partial charge in [-0.3, -0.25) is 9.48 Å². The predicted molar refractivity (Wildman–Crippen MR) is 157 cm³/mol. The standard InChI is InChI=1S/C29H32ClN7O4/c1-29(2,3)41-28(39)36-13-7-8-18(16-36)37-25-20(30)15-33-26(31)23(25)24(35-37)19-11-10-17(14-21(19)40-4)27(38)34-22-9-5-6-12-32-22/h5-6,9-12,14-15,18H,7-8,13,16H2,1-4H3,(H2,31,33)(H,32,34,38). The minimum Gasteiger partial charge on any atom is -0.496 e. The van der Waals surface area contributed by atoms with Crippen molar-refractivity contribution in [1.29, 1.82) is 0 Å². The summed E-state index contributed by atoms with van der Waals surface area (Å²) in [6.07, 6.45) is 4.27. The fraction of sp³-hybridized carbons (Fsp3) is 0.345. The molecule has 214 valence electrons. The van der Waals surface area contributed by atoms with E-state index in [0.29, 0.717) is 57.4 Å². The number of nitrogens with two attached hydrogens (primary N) is 1. The minimum absolute atomic E-state index is 0.179. The Morgan fingerprint density at radius 2 is 1.98 bits per heavy atom.